The van der Waals surface area contributed by atoms with E-state index in [0.29, 0.717) is 0 Å². The summed E-state index contributed by atoms with van der Waals surface area (Å²) in [5.74, 6) is -1.27. The first kappa shape index (κ1) is 16.5. The van der Waals surface area contributed by atoms with Gasteiger partial charge < -0.3 is 5.11 Å². The molecule has 0 saturated carbocycles. The maximum Gasteiger partial charge on any atom is 0.337 e. The second-order valence-corrected chi connectivity index (χ2v) is 7.15. The summed E-state index contributed by atoms with van der Waals surface area (Å²) in [4.78, 5) is 11.0. The Balaban J connectivity index is 2.34. The van der Waals surface area contributed by atoms with Crippen LogP contribution in [0.4, 0.5) is 0 Å². The van der Waals surface area contributed by atoms with Crippen LogP contribution >= 0.6 is 11.6 Å². The van der Waals surface area contributed by atoms with Crippen molar-refractivity contribution in [2.24, 2.45) is 0 Å². The lowest BCUT2D eigenvalue weighted by atomic mass is 10.2. The Bertz CT molecular complexity index is 790. The van der Waals surface area contributed by atoms with Crippen LogP contribution in [0, 0.1) is 0 Å². The highest BCUT2D eigenvalue weighted by Crippen LogP contribution is 2.23. The van der Waals surface area contributed by atoms with Crippen LogP contribution in [0.3, 0.4) is 0 Å². The molecule has 5 nitrogen and oxygen atoms in total. The standard InChI is InChI=1S/C15H14ClNO4S/c1-17(10-11-5-3-2-4-6-11)22(20,21)12-7-8-14(16)13(9-12)15(18)19/h2-9H,10H2,1H3,(H,18,19). The molecule has 0 aromatic heterocycles. The number of sulfonamides is 1. The zero-order valence-corrected chi connectivity index (χ0v) is 13.3. The van der Waals surface area contributed by atoms with Gasteiger partial charge in [-0.3, -0.25) is 0 Å². The summed E-state index contributed by atoms with van der Waals surface area (Å²) >= 11 is 5.76. The molecule has 0 aliphatic heterocycles. The third-order valence-corrected chi connectivity index (χ3v) is 5.25. The van der Waals surface area contributed by atoms with Gasteiger partial charge in [0, 0.05) is 13.6 Å². The van der Waals surface area contributed by atoms with E-state index < -0.39 is 16.0 Å². The molecule has 0 aliphatic rings. The van der Waals surface area contributed by atoms with Gasteiger partial charge in [-0.2, -0.15) is 4.31 Å². The quantitative estimate of drug-likeness (QED) is 0.909. The van der Waals surface area contributed by atoms with Gasteiger partial charge in [-0.15, -0.1) is 0 Å². The molecule has 116 valence electrons. The summed E-state index contributed by atoms with van der Waals surface area (Å²) in [5, 5.41) is 9.03. The van der Waals surface area contributed by atoms with E-state index in [1.54, 1.807) is 0 Å². The first-order chi connectivity index (χ1) is 10.3. The van der Waals surface area contributed by atoms with Crippen LogP contribution < -0.4 is 0 Å². The van der Waals surface area contributed by atoms with Crippen LogP contribution in [0.25, 0.3) is 0 Å². The molecule has 0 heterocycles. The molecule has 22 heavy (non-hydrogen) atoms. The van der Waals surface area contributed by atoms with Crippen molar-refractivity contribution in [2.75, 3.05) is 7.05 Å². The van der Waals surface area contributed by atoms with E-state index in [0.717, 1.165) is 15.9 Å². The topological polar surface area (TPSA) is 74.7 Å². The van der Waals surface area contributed by atoms with Crippen molar-refractivity contribution in [3.63, 3.8) is 0 Å². The Hall–Kier alpha value is -1.89. The molecule has 2 aromatic rings. The fraction of sp³-hybridized carbons (Fsp3) is 0.133. The first-order valence-electron chi connectivity index (χ1n) is 6.35. The van der Waals surface area contributed by atoms with Crippen molar-refractivity contribution in [1.29, 1.82) is 0 Å². The molecule has 2 rings (SSSR count). The predicted octanol–water partition coefficient (Wildman–Crippen LogP) is 2.86. The molecule has 0 unspecified atom stereocenters. The highest BCUT2D eigenvalue weighted by Gasteiger charge is 2.23. The van der Waals surface area contributed by atoms with E-state index in [9.17, 15) is 13.2 Å². The molecular weight excluding hydrogens is 326 g/mol. The van der Waals surface area contributed by atoms with Gasteiger partial charge in [0.15, 0.2) is 0 Å². The van der Waals surface area contributed by atoms with E-state index >= 15 is 0 Å². The van der Waals surface area contributed by atoms with Crippen LogP contribution in [-0.4, -0.2) is 30.8 Å². The second kappa shape index (κ2) is 6.48. The fourth-order valence-corrected chi connectivity index (χ4v) is 3.32. The predicted molar refractivity (Wildman–Crippen MR) is 83.5 cm³/mol. The Morgan fingerprint density at radius 1 is 1.18 bits per heavy atom. The third-order valence-electron chi connectivity index (χ3n) is 3.12. The van der Waals surface area contributed by atoms with Crippen LogP contribution in [0.5, 0.6) is 0 Å². The van der Waals surface area contributed by atoms with E-state index in [4.69, 9.17) is 16.7 Å². The van der Waals surface area contributed by atoms with E-state index in [-0.39, 0.29) is 22.0 Å². The lowest BCUT2D eigenvalue weighted by molar-refractivity contribution is 0.0697. The largest absolute Gasteiger partial charge is 0.478 e. The molecule has 1 N–H and O–H groups in total. The Labute approximate surface area is 133 Å². The number of carboxylic acid groups (broad SMARTS) is 1. The van der Waals surface area contributed by atoms with Gasteiger partial charge in [0.2, 0.25) is 10.0 Å². The second-order valence-electron chi connectivity index (χ2n) is 4.69. The van der Waals surface area contributed by atoms with Gasteiger partial charge in [0.1, 0.15) is 0 Å². The van der Waals surface area contributed by atoms with Crippen molar-refractivity contribution in [3.8, 4) is 0 Å². The van der Waals surface area contributed by atoms with Gasteiger partial charge in [-0.25, -0.2) is 13.2 Å². The van der Waals surface area contributed by atoms with Crippen LogP contribution in [-0.2, 0) is 16.6 Å². The minimum Gasteiger partial charge on any atom is -0.478 e. The minimum atomic E-state index is -3.80. The molecule has 0 spiro atoms. The van der Waals surface area contributed by atoms with Crippen molar-refractivity contribution in [2.45, 2.75) is 11.4 Å². The van der Waals surface area contributed by atoms with Gasteiger partial charge in [-0.05, 0) is 23.8 Å². The van der Waals surface area contributed by atoms with Crippen LogP contribution in [0.1, 0.15) is 15.9 Å². The van der Waals surface area contributed by atoms with E-state index in [1.807, 2.05) is 30.3 Å². The lowest BCUT2D eigenvalue weighted by Gasteiger charge is -2.17. The summed E-state index contributed by atoms with van der Waals surface area (Å²) in [6.45, 7) is 0.189. The number of nitrogens with zero attached hydrogens (tertiary/aromatic N) is 1. The number of benzene rings is 2. The number of carboxylic acids is 1. The highest BCUT2D eigenvalue weighted by molar-refractivity contribution is 7.89. The average molecular weight is 340 g/mol. The molecule has 0 fully saturated rings. The van der Waals surface area contributed by atoms with Crippen molar-refractivity contribution < 1.29 is 18.3 Å². The Morgan fingerprint density at radius 3 is 2.41 bits per heavy atom. The maximum atomic E-state index is 12.5. The van der Waals surface area contributed by atoms with Crippen molar-refractivity contribution >= 4 is 27.6 Å². The number of hydrogen-bond acceptors (Lipinski definition) is 3. The molecule has 0 saturated heterocycles. The monoisotopic (exact) mass is 339 g/mol. The number of carbonyl (C=O) groups is 1. The summed E-state index contributed by atoms with van der Waals surface area (Å²) in [6, 6.07) is 12.8. The SMILES string of the molecule is CN(Cc1ccccc1)S(=O)(=O)c1ccc(Cl)c(C(=O)O)c1. The van der Waals surface area contributed by atoms with Gasteiger partial charge in [0.05, 0.1) is 15.5 Å². The minimum absolute atomic E-state index is 0.00263. The summed E-state index contributed by atoms with van der Waals surface area (Å²) in [5.41, 5.74) is 0.594. The first-order valence-corrected chi connectivity index (χ1v) is 8.17. The van der Waals surface area contributed by atoms with Crippen LogP contribution in [0.2, 0.25) is 5.02 Å². The number of halogens is 1. The molecule has 0 atom stereocenters. The molecule has 0 amide bonds. The van der Waals surface area contributed by atoms with Crippen LogP contribution in [0.15, 0.2) is 53.4 Å². The number of hydrogen-bond donors (Lipinski definition) is 1. The Kier molecular flexibility index (Phi) is 4.85. The molecule has 0 radical (unpaired) electrons. The van der Waals surface area contributed by atoms with E-state index in [2.05, 4.69) is 0 Å². The van der Waals surface area contributed by atoms with Gasteiger partial charge in [0.25, 0.3) is 0 Å². The maximum absolute atomic E-state index is 12.5. The van der Waals surface area contributed by atoms with Gasteiger partial charge in [-0.1, -0.05) is 41.9 Å². The van der Waals surface area contributed by atoms with Crippen molar-refractivity contribution in [1.82, 2.24) is 4.31 Å². The third kappa shape index (κ3) is 3.47. The molecular formula is C15H14ClNO4S. The summed E-state index contributed by atoms with van der Waals surface area (Å²) in [7, 11) is -2.36. The lowest BCUT2D eigenvalue weighted by Crippen LogP contribution is -2.26. The fourth-order valence-electron chi connectivity index (χ4n) is 1.93. The molecule has 0 aliphatic carbocycles. The molecule has 2 aromatic carbocycles. The van der Waals surface area contributed by atoms with E-state index in [1.165, 1.54) is 19.2 Å². The summed E-state index contributed by atoms with van der Waals surface area (Å²) in [6.07, 6.45) is 0. The number of aromatic carboxylic acids is 1. The Morgan fingerprint density at radius 2 is 1.82 bits per heavy atom. The zero-order valence-electron chi connectivity index (χ0n) is 11.7. The average Bonchev–Trinajstić information content (AvgIpc) is 2.48. The highest BCUT2D eigenvalue weighted by atomic mass is 35.5. The van der Waals surface area contributed by atoms with Gasteiger partial charge >= 0.3 is 5.97 Å². The normalized spacial score (nSPS) is 11.6. The molecule has 0 bridgehead atoms. The smallest absolute Gasteiger partial charge is 0.337 e. The van der Waals surface area contributed by atoms with Crippen molar-refractivity contribution in [3.05, 3.63) is 64.7 Å². The molecule has 7 heteroatoms. The number of rotatable bonds is 5. The summed E-state index contributed by atoms with van der Waals surface area (Å²) < 4.78 is 26.2. The zero-order chi connectivity index (χ0) is 16.3.